The Kier molecular flexibility index (Phi) is 7.43. The Morgan fingerprint density at radius 3 is 2.04 bits per heavy atom. The summed E-state index contributed by atoms with van der Waals surface area (Å²) in [6.07, 6.45) is 11.4. The van der Waals surface area contributed by atoms with Crippen molar-refractivity contribution < 1.29 is 0 Å². The maximum absolute atomic E-state index is 5.10. The predicted molar refractivity (Wildman–Crippen MR) is 244 cm³/mol. The van der Waals surface area contributed by atoms with Crippen molar-refractivity contribution >= 4 is 66.4 Å². The predicted octanol–water partition coefficient (Wildman–Crippen LogP) is 14.9. The fraction of sp³-hybridized carbons (Fsp3) is 0.0536. The molecule has 1 heterocycles. The third-order valence-corrected chi connectivity index (χ3v) is 12.8. The second-order valence-corrected chi connectivity index (χ2v) is 15.5. The Morgan fingerprint density at radius 2 is 1.19 bits per heavy atom. The van der Waals surface area contributed by atoms with E-state index < -0.39 is 0 Å². The van der Waals surface area contributed by atoms with Gasteiger partial charge in [0, 0.05) is 6.20 Å². The van der Waals surface area contributed by atoms with Gasteiger partial charge in [-0.15, -0.1) is 0 Å². The molecule has 2 aliphatic rings. The number of nitrogens with zero attached hydrogens (tertiary/aromatic N) is 1. The van der Waals surface area contributed by atoms with Gasteiger partial charge in [0.2, 0.25) is 0 Å². The molecule has 1 aromatic heterocycles. The largest absolute Gasteiger partial charge is 0.256 e. The zero-order valence-electron chi connectivity index (χ0n) is 31.9. The lowest BCUT2D eigenvalue weighted by Gasteiger charge is -2.38. The van der Waals surface area contributed by atoms with Crippen LogP contribution in [0.25, 0.3) is 88.6 Å². The van der Waals surface area contributed by atoms with Crippen LogP contribution in [0, 0.1) is 0 Å². The second kappa shape index (κ2) is 12.7. The van der Waals surface area contributed by atoms with Gasteiger partial charge in [0.25, 0.3) is 0 Å². The summed E-state index contributed by atoms with van der Waals surface area (Å²) in [5.74, 6) is 0. The van der Waals surface area contributed by atoms with Gasteiger partial charge in [-0.25, -0.2) is 0 Å². The minimum absolute atomic E-state index is 0.340. The first kappa shape index (κ1) is 33.3. The average molecular weight is 726 g/mol. The summed E-state index contributed by atoms with van der Waals surface area (Å²) in [6.45, 7) is 10.9. The van der Waals surface area contributed by atoms with Gasteiger partial charge in [-0.3, -0.25) is 4.98 Å². The molecule has 1 nitrogen and oxygen atoms in total. The first-order valence-electron chi connectivity index (χ1n) is 19.8. The highest BCUT2D eigenvalue weighted by molar-refractivity contribution is 6.19. The van der Waals surface area contributed by atoms with E-state index in [0.29, 0.717) is 0 Å². The highest BCUT2D eigenvalue weighted by Crippen LogP contribution is 2.59. The van der Waals surface area contributed by atoms with E-state index in [-0.39, 0.29) is 5.41 Å². The molecule has 0 fully saturated rings. The highest BCUT2D eigenvalue weighted by Gasteiger charge is 2.48. The molecule has 2 aliphatic carbocycles. The summed E-state index contributed by atoms with van der Waals surface area (Å²) < 4.78 is 0. The molecule has 1 unspecified atom stereocenters. The second-order valence-electron chi connectivity index (χ2n) is 15.5. The molecule has 8 aromatic carbocycles. The van der Waals surface area contributed by atoms with Crippen LogP contribution in [-0.4, -0.2) is 4.98 Å². The summed E-state index contributed by atoms with van der Waals surface area (Å²) in [5, 5.41) is 9.97. The third kappa shape index (κ3) is 4.73. The van der Waals surface area contributed by atoms with E-state index >= 15 is 0 Å². The molecule has 268 valence electrons. The van der Waals surface area contributed by atoms with Crippen molar-refractivity contribution in [3.63, 3.8) is 0 Å². The number of benzene rings is 8. The zero-order chi connectivity index (χ0) is 38.3. The Balaban J connectivity index is 1.10. The number of hydrogen-bond donors (Lipinski definition) is 0. The Bertz CT molecular complexity index is 3250. The lowest BCUT2D eigenvalue weighted by Crippen LogP contribution is -2.29. The number of aromatic nitrogens is 1. The van der Waals surface area contributed by atoms with Crippen molar-refractivity contribution in [2.45, 2.75) is 18.8 Å². The highest BCUT2D eigenvalue weighted by atomic mass is 14.7. The van der Waals surface area contributed by atoms with E-state index in [1.54, 1.807) is 0 Å². The maximum atomic E-state index is 5.10. The van der Waals surface area contributed by atoms with Crippen LogP contribution < -0.4 is 0 Å². The topological polar surface area (TPSA) is 12.9 Å². The van der Waals surface area contributed by atoms with Crippen LogP contribution in [0.4, 0.5) is 0 Å². The molecule has 0 amide bonds. The minimum Gasteiger partial charge on any atom is -0.256 e. The van der Waals surface area contributed by atoms with Gasteiger partial charge in [-0.2, -0.15) is 0 Å². The quantitative estimate of drug-likeness (QED) is 0.161. The maximum Gasteiger partial charge on any atom is 0.0706 e. The monoisotopic (exact) mass is 725 g/mol. The summed E-state index contributed by atoms with van der Waals surface area (Å²) in [6, 6.07) is 55.8. The number of fused-ring (bicyclic) bond motifs is 10. The Morgan fingerprint density at radius 1 is 0.544 bits per heavy atom. The molecular weight excluding hydrogens is 687 g/mol. The van der Waals surface area contributed by atoms with E-state index in [2.05, 4.69) is 184 Å². The summed E-state index contributed by atoms with van der Waals surface area (Å²) in [7, 11) is 0. The van der Waals surface area contributed by atoms with E-state index in [1.165, 1.54) is 93.2 Å². The van der Waals surface area contributed by atoms with Crippen molar-refractivity contribution in [3.8, 4) is 22.3 Å². The van der Waals surface area contributed by atoms with E-state index in [0.717, 1.165) is 28.8 Å². The standard InChI is InChI=1S/C56H39N/c1-4-39-40(5-2)48-33-49(42-24-12-17-36-16-6-7-20-41(36)42)43-21-8-9-22-44(43)50(48)32-47(39)35(3)29-30-38-34-56(53-28-15-31-57-55(38)53)51-26-11-10-23-45(51)46-25-13-18-37-19-14-27-52(56)54(37)46/h4-33H,1-2,34H2,3H3/b35-29+,38-30+. The molecule has 0 saturated carbocycles. The van der Waals surface area contributed by atoms with Crippen LogP contribution in [0.1, 0.15) is 52.4 Å². The fourth-order valence-electron chi connectivity index (χ4n) is 10.3. The van der Waals surface area contributed by atoms with Crippen molar-refractivity contribution in [2.24, 2.45) is 0 Å². The zero-order valence-corrected chi connectivity index (χ0v) is 31.9. The van der Waals surface area contributed by atoms with Gasteiger partial charge in [-0.05, 0) is 141 Å². The third-order valence-electron chi connectivity index (χ3n) is 12.8. The van der Waals surface area contributed by atoms with Crippen LogP contribution in [0.5, 0.6) is 0 Å². The van der Waals surface area contributed by atoms with Gasteiger partial charge >= 0.3 is 0 Å². The Hall–Kier alpha value is -7.09. The molecule has 0 N–H and O–H groups in total. The first-order chi connectivity index (χ1) is 28.1. The van der Waals surface area contributed by atoms with Crippen LogP contribution in [0.15, 0.2) is 183 Å². The van der Waals surface area contributed by atoms with Crippen LogP contribution in [-0.2, 0) is 5.41 Å². The van der Waals surface area contributed by atoms with Crippen LogP contribution in [0.3, 0.4) is 0 Å². The molecule has 9 aromatic rings. The molecule has 0 radical (unpaired) electrons. The normalized spacial score (nSPS) is 16.4. The van der Waals surface area contributed by atoms with E-state index in [4.69, 9.17) is 4.98 Å². The lowest BCUT2D eigenvalue weighted by atomic mass is 9.63. The Labute approximate surface area is 333 Å². The number of hydrogen-bond acceptors (Lipinski definition) is 1. The summed E-state index contributed by atoms with van der Waals surface area (Å²) in [4.78, 5) is 5.10. The summed E-state index contributed by atoms with van der Waals surface area (Å²) in [5.41, 5.74) is 15.6. The number of rotatable bonds is 5. The smallest absolute Gasteiger partial charge is 0.0706 e. The molecule has 1 atom stereocenters. The van der Waals surface area contributed by atoms with Gasteiger partial charge in [0.1, 0.15) is 0 Å². The molecule has 0 aliphatic heterocycles. The lowest BCUT2D eigenvalue weighted by molar-refractivity contribution is 0.665. The van der Waals surface area contributed by atoms with Crippen LogP contribution in [0.2, 0.25) is 0 Å². The first-order valence-corrected chi connectivity index (χ1v) is 19.8. The van der Waals surface area contributed by atoms with Gasteiger partial charge in [-0.1, -0.05) is 171 Å². The average Bonchev–Trinajstić information content (AvgIpc) is 3.60. The van der Waals surface area contributed by atoms with Gasteiger partial charge in [0.05, 0.1) is 11.1 Å². The van der Waals surface area contributed by atoms with Crippen molar-refractivity contribution in [1.82, 2.24) is 4.98 Å². The van der Waals surface area contributed by atoms with Crippen molar-refractivity contribution in [3.05, 3.63) is 222 Å². The number of allylic oxidation sites excluding steroid dienone is 4. The van der Waals surface area contributed by atoms with Gasteiger partial charge in [0.15, 0.2) is 0 Å². The number of pyridine rings is 1. The molecule has 11 rings (SSSR count). The fourth-order valence-corrected chi connectivity index (χ4v) is 10.3. The molecule has 0 bridgehead atoms. The van der Waals surface area contributed by atoms with Crippen molar-refractivity contribution in [2.75, 3.05) is 0 Å². The van der Waals surface area contributed by atoms with Gasteiger partial charge < -0.3 is 0 Å². The minimum atomic E-state index is -0.340. The van der Waals surface area contributed by atoms with Crippen LogP contribution >= 0.6 is 0 Å². The molecule has 0 saturated heterocycles. The van der Waals surface area contributed by atoms with Crippen molar-refractivity contribution in [1.29, 1.82) is 0 Å². The summed E-state index contributed by atoms with van der Waals surface area (Å²) >= 11 is 0. The molecule has 57 heavy (non-hydrogen) atoms. The van der Waals surface area contributed by atoms with E-state index in [9.17, 15) is 0 Å². The molecule has 1 heteroatoms. The SMILES string of the molecule is C=Cc1c(/C(C)=C/C=C2\CC3(c4ccccc4-c4cccc5cccc3c45)c3cccnc32)cc2c(cc(-c3cccc4ccccc34)c3ccccc32)c1C=C. The van der Waals surface area contributed by atoms with E-state index in [1.807, 2.05) is 18.3 Å². The molecule has 1 spiro atoms. The molecular formula is C56H39N.